The van der Waals surface area contributed by atoms with Gasteiger partial charge in [-0.2, -0.15) is 0 Å². The van der Waals surface area contributed by atoms with E-state index in [0.29, 0.717) is 12.1 Å². The summed E-state index contributed by atoms with van der Waals surface area (Å²) >= 11 is 6.45. The fourth-order valence-corrected chi connectivity index (χ4v) is 2.65. The number of halogens is 1. The third-order valence-corrected chi connectivity index (χ3v) is 3.98. The van der Waals surface area contributed by atoms with Crippen molar-refractivity contribution in [2.45, 2.75) is 51.7 Å². The zero-order valence-electron chi connectivity index (χ0n) is 12.4. The molecule has 4 heteroatoms. The van der Waals surface area contributed by atoms with Crippen LogP contribution < -0.4 is 10.2 Å². The van der Waals surface area contributed by atoms with Gasteiger partial charge in [-0.05, 0) is 50.8 Å². The second kappa shape index (κ2) is 7.30. The molecular weight excluding hydrogens is 272 g/mol. The number of nitrogens with one attached hydrogen (secondary N) is 1. The third-order valence-electron chi connectivity index (χ3n) is 3.67. The standard InChI is InChI=1S/C16H25ClN2O/c1-12(2)19(8-3-9-20)16-7-4-13(10-15(16)17)11-18-14-5-6-14/h4,7,10,12,14,18,20H,3,5-6,8-9,11H2,1-2H3. The number of aliphatic hydroxyl groups excluding tert-OH is 1. The summed E-state index contributed by atoms with van der Waals surface area (Å²) in [6.45, 7) is 6.23. The lowest BCUT2D eigenvalue weighted by Crippen LogP contribution is -2.32. The molecule has 0 atom stereocenters. The molecule has 3 nitrogen and oxygen atoms in total. The molecule has 1 fully saturated rings. The van der Waals surface area contributed by atoms with Gasteiger partial charge in [-0.25, -0.2) is 0 Å². The van der Waals surface area contributed by atoms with Crippen LogP contribution in [0, 0.1) is 0 Å². The predicted molar refractivity (Wildman–Crippen MR) is 85.5 cm³/mol. The van der Waals surface area contributed by atoms with Gasteiger partial charge in [0, 0.05) is 31.8 Å². The van der Waals surface area contributed by atoms with Gasteiger partial charge in [-0.1, -0.05) is 17.7 Å². The molecule has 0 saturated heterocycles. The van der Waals surface area contributed by atoms with Crippen molar-refractivity contribution in [2.24, 2.45) is 0 Å². The molecule has 20 heavy (non-hydrogen) atoms. The van der Waals surface area contributed by atoms with Crippen LogP contribution in [-0.2, 0) is 6.54 Å². The number of benzene rings is 1. The van der Waals surface area contributed by atoms with E-state index in [1.54, 1.807) is 0 Å². The van der Waals surface area contributed by atoms with E-state index in [0.717, 1.165) is 30.2 Å². The maximum atomic E-state index is 9.02. The second-order valence-corrected chi connectivity index (χ2v) is 6.21. The lowest BCUT2D eigenvalue weighted by Gasteiger charge is -2.30. The van der Waals surface area contributed by atoms with E-state index in [9.17, 15) is 0 Å². The normalized spacial score (nSPS) is 14.8. The molecule has 0 radical (unpaired) electrons. The van der Waals surface area contributed by atoms with Gasteiger partial charge in [0.1, 0.15) is 0 Å². The Morgan fingerprint density at radius 3 is 2.70 bits per heavy atom. The fraction of sp³-hybridized carbons (Fsp3) is 0.625. The summed E-state index contributed by atoms with van der Waals surface area (Å²) in [5.41, 5.74) is 2.29. The van der Waals surface area contributed by atoms with Gasteiger partial charge in [0.2, 0.25) is 0 Å². The Balaban J connectivity index is 2.04. The Bertz CT molecular complexity index is 432. The number of hydrogen-bond donors (Lipinski definition) is 2. The largest absolute Gasteiger partial charge is 0.396 e. The summed E-state index contributed by atoms with van der Waals surface area (Å²) in [7, 11) is 0. The molecule has 0 aromatic heterocycles. The maximum Gasteiger partial charge on any atom is 0.0642 e. The number of aliphatic hydroxyl groups is 1. The highest BCUT2D eigenvalue weighted by atomic mass is 35.5. The highest BCUT2D eigenvalue weighted by Crippen LogP contribution is 2.29. The van der Waals surface area contributed by atoms with E-state index in [-0.39, 0.29) is 6.61 Å². The third kappa shape index (κ3) is 4.37. The number of hydrogen-bond acceptors (Lipinski definition) is 3. The van der Waals surface area contributed by atoms with Gasteiger partial charge in [0.15, 0.2) is 0 Å². The van der Waals surface area contributed by atoms with E-state index >= 15 is 0 Å². The minimum atomic E-state index is 0.213. The van der Waals surface area contributed by atoms with Gasteiger partial charge < -0.3 is 15.3 Å². The van der Waals surface area contributed by atoms with E-state index in [2.05, 4.69) is 42.3 Å². The molecule has 1 aromatic carbocycles. The van der Waals surface area contributed by atoms with E-state index < -0.39 is 0 Å². The Labute approximate surface area is 126 Å². The highest BCUT2D eigenvalue weighted by Gasteiger charge is 2.20. The Kier molecular flexibility index (Phi) is 5.70. The van der Waals surface area contributed by atoms with Crippen LogP contribution in [0.4, 0.5) is 5.69 Å². The van der Waals surface area contributed by atoms with Crippen LogP contribution in [-0.4, -0.2) is 30.3 Å². The molecule has 1 aliphatic carbocycles. The molecule has 112 valence electrons. The molecular formula is C16H25ClN2O. The predicted octanol–water partition coefficient (Wildman–Crippen LogP) is 3.19. The van der Waals surface area contributed by atoms with Gasteiger partial charge in [-0.3, -0.25) is 0 Å². The quantitative estimate of drug-likeness (QED) is 0.773. The SMILES string of the molecule is CC(C)N(CCCO)c1ccc(CNC2CC2)cc1Cl. The number of rotatable bonds is 8. The average Bonchev–Trinajstić information content (AvgIpc) is 3.22. The molecule has 0 bridgehead atoms. The molecule has 1 saturated carbocycles. The zero-order valence-corrected chi connectivity index (χ0v) is 13.2. The first-order chi connectivity index (χ1) is 9.61. The van der Waals surface area contributed by atoms with Crippen molar-refractivity contribution in [3.8, 4) is 0 Å². The summed E-state index contributed by atoms with van der Waals surface area (Å²) in [6, 6.07) is 7.38. The molecule has 1 aromatic rings. The lowest BCUT2D eigenvalue weighted by molar-refractivity contribution is 0.288. The summed E-state index contributed by atoms with van der Waals surface area (Å²) in [6.07, 6.45) is 3.36. The maximum absolute atomic E-state index is 9.02. The van der Waals surface area contributed by atoms with Crippen molar-refractivity contribution < 1.29 is 5.11 Å². The van der Waals surface area contributed by atoms with Crippen molar-refractivity contribution in [1.82, 2.24) is 5.32 Å². The van der Waals surface area contributed by atoms with Crippen LogP contribution in [0.25, 0.3) is 0 Å². The minimum absolute atomic E-state index is 0.213. The van der Waals surface area contributed by atoms with Gasteiger partial charge >= 0.3 is 0 Å². The fourth-order valence-electron chi connectivity index (χ4n) is 2.34. The van der Waals surface area contributed by atoms with E-state index in [4.69, 9.17) is 16.7 Å². The van der Waals surface area contributed by atoms with E-state index in [1.165, 1.54) is 18.4 Å². The van der Waals surface area contributed by atoms with Gasteiger partial charge in [0.25, 0.3) is 0 Å². The minimum Gasteiger partial charge on any atom is -0.396 e. The van der Waals surface area contributed by atoms with Gasteiger partial charge in [0.05, 0.1) is 10.7 Å². The second-order valence-electron chi connectivity index (χ2n) is 5.81. The first kappa shape index (κ1) is 15.6. The smallest absolute Gasteiger partial charge is 0.0642 e. The highest BCUT2D eigenvalue weighted by molar-refractivity contribution is 6.33. The zero-order chi connectivity index (χ0) is 14.5. The summed E-state index contributed by atoms with van der Waals surface area (Å²) in [4.78, 5) is 2.25. The first-order valence-electron chi connectivity index (χ1n) is 7.51. The monoisotopic (exact) mass is 296 g/mol. The molecule has 2 rings (SSSR count). The summed E-state index contributed by atoms with van der Waals surface area (Å²) < 4.78 is 0. The lowest BCUT2D eigenvalue weighted by atomic mass is 10.1. The van der Waals surface area contributed by atoms with Crippen molar-refractivity contribution >= 4 is 17.3 Å². The van der Waals surface area contributed by atoms with Crippen molar-refractivity contribution in [1.29, 1.82) is 0 Å². The Morgan fingerprint density at radius 2 is 2.15 bits per heavy atom. The molecule has 0 amide bonds. The molecule has 0 unspecified atom stereocenters. The van der Waals surface area contributed by atoms with Crippen LogP contribution in [0.1, 0.15) is 38.7 Å². The molecule has 0 spiro atoms. The topological polar surface area (TPSA) is 35.5 Å². The van der Waals surface area contributed by atoms with Crippen LogP contribution in [0.15, 0.2) is 18.2 Å². The number of anilines is 1. The molecule has 1 aliphatic rings. The molecule has 0 aliphatic heterocycles. The van der Waals surface area contributed by atoms with Crippen LogP contribution in [0.2, 0.25) is 5.02 Å². The number of nitrogens with zero attached hydrogens (tertiary/aromatic N) is 1. The molecule has 0 heterocycles. The van der Waals surface area contributed by atoms with Gasteiger partial charge in [-0.15, -0.1) is 0 Å². The van der Waals surface area contributed by atoms with Crippen LogP contribution in [0.3, 0.4) is 0 Å². The van der Waals surface area contributed by atoms with Crippen LogP contribution in [0.5, 0.6) is 0 Å². The first-order valence-corrected chi connectivity index (χ1v) is 7.89. The Hall–Kier alpha value is -0.770. The summed E-state index contributed by atoms with van der Waals surface area (Å²) in [5, 5.41) is 13.3. The van der Waals surface area contributed by atoms with Crippen molar-refractivity contribution in [3.05, 3.63) is 28.8 Å². The van der Waals surface area contributed by atoms with E-state index in [1.807, 2.05) is 0 Å². The average molecular weight is 297 g/mol. The molecule has 2 N–H and O–H groups in total. The van der Waals surface area contributed by atoms with Crippen molar-refractivity contribution in [3.63, 3.8) is 0 Å². The Morgan fingerprint density at radius 1 is 1.40 bits per heavy atom. The van der Waals surface area contributed by atoms with Crippen molar-refractivity contribution in [2.75, 3.05) is 18.1 Å². The summed E-state index contributed by atoms with van der Waals surface area (Å²) in [5.74, 6) is 0. The van der Waals surface area contributed by atoms with Crippen LogP contribution >= 0.6 is 11.6 Å².